The zero-order valence-corrected chi connectivity index (χ0v) is 17.2. The largest absolute Gasteiger partial charge is 0.342 e. The summed E-state index contributed by atoms with van der Waals surface area (Å²) in [5.74, 6) is 0.996. The van der Waals surface area contributed by atoms with E-state index in [1.54, 1.807) is 0 Å². The number of aryl methyl sites for hydroxylation is 1. The highest BCUT2D eigenvalue weighted by molar-refractivity contribution is 9.10. The van der Waals surface area contributed by atoms with Crippen LogP contribution in [0.1, 0.15) is 37.7 Å². The molecule has 1 fully saturated rings. The van der Waals surface area contributed by atoms with E-state index in [4.69, 9.17) is 17.2 Å². The van der Waals surface area contributed by atoms with Gasteiger partial charge in [-0.3, -0.25) is 0 Å². The number of rotatable bonds is 2. The number of benzene rings is 2. The van der Waals surface area contributed by atoms with Crippen molar-refractivity contribution in [1.29, 1.82) is 0 Å². The molecule has 0 saturated heterocycles. The molecule has 0 aromatic heterocycles. The van der Waals surface area contributed by atoms with Gasteiger partial charge in [-0.2, -0.15) is 0 Å². The van der Waals surface area contributed by atoms with Crippen LogP contribution in [0.5, 0.6) is 0 Å². The van der Waals surface area contributed by atoms with Crippen LogP contribution in [0.3, 0.4) is 0 Å². The number of hydrogen-bond acceptors (Lipinski definition) is 2. The molecule has 2 aliphatic rings. The second kappa shape index (κ2) is 7.12. The molecule has 0 bridgehead atoms. The molecule has 0 amide bonds. The second-order valence-electron chi connectivity index (χ2n) is 7.14. The fraction of sp³-hybridized carbons (Fsp3) is 0.333. The summed E-state index contributed by atoms with van der Waals surface area (Å²) < 4.78 is 1.07. The second-order valence-corrected chi connectivity index (χ2v) is 8.42. The van der Waals surface area contributed by atoms with Gasteiger partial charge >= 0.3 is 0 Å². The van der Waals surface area contributed by atoms with Crippen molar-refractivity contribution in [2.75, 3.05) is 10.2 Å². The Hall–Kier alpha value is -1.72. The number of anilines is 2. The Morgan fingerprint density at radius 3 is 2.50 bits per heavy atom. The first kappa shape index (κ1) is 17.7. The highest BCUT2D eigenvalue weighted by Gasteiger charge is 2.49. The zero-order valence-electron chi connectivity index (χ0n) is 14.8. The quantitative estimate of drug-likeness (QED) is 0.588. The molecular weight excluding hydrogens is 406 g/mol. The van der Waals surface area contributed by atoms with Gasteiger partial charge in [0.25, 0.3) is 0 Å². The Balaban J connectivity index is 1.73. The maximum absolute atomic E-state index is 5.71. The molecule has 1 spiro atoms. The van der Waals surface area contributed by atoms with Crippen molar-refractivity contribution in [1.82, 2.24) is 0 Å². The molecule has 0 radical (unpaired) electrons. The Labute approximate surface area is 168 Å². The molecule has 3 nitrogen and oxygen atoms in total. The van der Waals surface area contributed by atoms with Crippen LogP contribution in [-0.4, -0.2) is 16.5 Å². The lowest BCUT2D eigenvalue weighted by Crippen LogP contribution is -2.55. The fourth-order valence-electron chi connectivity index (χ4n) is 4.09. The van der Waals surface area contributed by atoms with Crippen molar-refractivity contribution in [3.05, 3.63) is 58.6 Å². The summed E-state index contributed by atoms with van der Waals surface area (Å²) in [5.41, 5.74) is 3.27. The van der Waals surface area contributed by atoms with Gasteiger partial charge in [-0.1, -0.05) is 47.3 Å². The van der Waals surface area contributed by atoms with Gasteiger partial charge in [0.05, 0.1) is 0 Å². The van der Waals surface area contributed by atoms with Crippen LogP contribution in [0.25, 0.3) is 0 Å². The van der Waals surface area contributed by atoms with Crippen LogP contribution in [0, 0.1) is 6.92 Å². The van der Waals surface area contributed by atoms with E-state index in [1.165, 1.54) is 24.8 Å². The third-order valence-electron chi connectivity index (χ3n) is 5.31. The van der Waals surface area contributed by atoms with Crippen molar-refractivity contribution in [2.45, 2.75) is 44.6 Å². The van der Waals surface area contributed by atoms with E-state index < -0.39 is 0 Å². The van der Waals surface area contributed by atoms with E-state index in [0.29, 0.717) is 5.11 Å². The summed E-state index contributed by atoms with van der Waals surface area (Å²) in [6.45, 7) is 2.11. The molecule has 0 atom stereocenters. The number of aliphatic imine (C=N–C) groups is 1. The lowest BCUT2D eigenvalue weighted by Gasteiger charge is -2.42. The lowest BCUT2D eigenvalue weighted by molar-refractivity contribution is 0.386. The molecule has 1 saturated carbocycles. The Kier molecular flexibility index (Phi) is 4.84. The number of hydrogen-bond donors (Lipinski definition) is 1. The molecule has 5 heteroatoms. The average molecular weight is 428 g/mol. The van der Waals surface area contributed by atoms with Crippen molar-refractivity contribution in [2.24, 2.45) is 4.99 Å². The van der Waals surface area contributed by atoms with Crippen molar-refractivity contribution >= 4 is 50.5 Å². The standard InChI is InChI=1S/C21H22BrN3S/c1-15-6-5-7-17(14-15)23-19-21(12-3-2-4-13-21)25(20(26)24-19)18-10-8-16(22)9-11-18/h5-11,14H,2-4,12-13H2,1H3,(H,23,24,26). The molecule has 1 N–H and O–H groups in total. The first-order valence-corrected chi connectivity index (χ1v) is 10.3. The summed E-state index contributed by atoms with van der Waals surface area (Å²) in [4.78, 5) is 7.09. The minimum Gasteiger partial charge on any atom is -0.342 e. The zero-order chi connectivity index (χ0) is 18.1. The Morgan fingerprint density at radius 2 is 1.81 bits per heavy atom. The summed E-state index contributed by atoms with van der Waals surface area (Å²) in [6, 6.07) is 16.8. The summed E-state index contributed by atoms with van der Waals surface area (Å²) in [7, 11) is 0. The van der Waals surface area contributed by atoms with E-state index in [9.17, 15) is 0 Å². The number of nitrogens with one attached hydrogen (secondary N) is 1. The fourth-order valence-corrected chi connectivity index (χ4v) is 4.72. The van der Waals surface area contributed by atoms with Crippen LogP contribution in [-0.2, 0) is 0 Å². The van der Waals surface area contributed by atoms with Gasteiger partial charge < -0.3 is 10.2 Å². The van der Waals surface area contributed by atoms with E-state index in [-0.39, 0.29) is 5.54 Å². The predicted molar refractivity (Wildman–Crippen MR) is 117 cm³/mol. The maximum Gasteiger partial charge on any atom is 0.202 e. The molecule has 134 valence electrons. The van der Waals surface area contributed by atoms with Crippen molar-refractivity contribution < 1.29 is 0 Å². The molecular formula is C21H22BrN3S. The van der Waals surface area contributed by atoms with Crippen molar-refractivity contribution in [3.63, 3.8) is 0 Å². The van der Waals surface area contributed by atoms with Gasteiger partial charge in [0.2, 0.25) is 5.11 Å². The van der Waals surface area contributed by atoms with Gasteiger partial charge in [0, 0.05) is 15.8 Å². The van der Waals surface area contributed by atoms with Crippen molar-refractivity contribution in [3.8, 4) is 0 Å². The highest BCUT2D eigenvalue weighted by Crippen LogP contribution is 2.42. The Morgan fingerprint density at radius 1 is 1.08 bits per heavy atom. The molecule has 2 aromatic carbocycles. The first-order valence-electron chi connectivity index (χ1n) is 9.11. The van der Waals surface area contributed by atoms with E-state index >= 15 is 0 Å². The third-order valence-corrected chi connectivity index (χ3v) is 6.12. The van der Waals surface area contributed by atoms with Gasteiger partial charge in [-0.15, -0.1) is 0 Å². The minimum absolute atomic E-state index is 0.160. The summed E-state index contributed by atoms with van der Waals surface area (Å²) in [5, 5.41) is 4.25. The molecule has 4 rings (SSSR count). The highest BCUT2D eigenvalue weighted by atomic mass is 79.9. The average Bonchev–Trinajstić information content (AvgIpc) is 2.88. The summed E-state index contributed by atoms with van der Waals surface area (Å²) in [6.07, 6.45) is 5.82. The summed E-state index contributed by atoms with van der Waals surface area (Å²) >= 11 is 9.24. The number of amidine groups is 1. The predicted octanol–water partition coefficient (Wildman–Crippen LogP) is 6.08. The maximum atomic E-state index is 5.71. The van der Waals surface area contributed by atoms with E-state index in [1.807, 2.05) is 0 Å². The first-order chi connectivity index (χ1) is 12.6. The smallest absolute Gasteiger partial charge is 0.202 e. The third kappa shape index (κ3) is 3.19. The van der Waals surface area contributed by atoms with Crippen LogP contribution in [0.4, 0.5) is 11.4 Å². The number of thiocarbonyl (C=S) groups is 1. The number of halogens is 1. The van der Waals surface area contributed by atoms with Crippen LogP contribution in [0.15, 0.2) is 58.0 Å². The van der Waals surface area contributed by atoms with Gasteiger partial charge in [0.15, 0.2) is 0 Å². The molecule has 2 aromatic rings. The van der Waals surface area contributed by atoms with Crippen LogP contribution in [0.2, 0.25) is 0 Å². The monoisotopic (exact) mass is 427 g/mol. The number of nitrogens with zero attached hydrogens (tertiary/aromatic N) is 2. The van der Waals surface area contributed by atoms with Gasteiger partial charge in [-0.05, 0) is 73.9 Å². The van der Waals surface area contributed by atoms with E-state index in [0.717, 1.165) is 34.5 Å². The topological polar surface area (TPSA) is 27.6 Å². The molecule has 0 unspecified atom stereocenters. The lowest BCUT2D eigenvalue weighted by atomic mass is 9.79. The van der Waals surface area contributed by atoms with Crippen LogP contribution >= 0.6 is 28.1 Å². The molecule has 26 heavy (non-hydrogen) atoms. The molecule has 1 aliphatic carbocycles. The Bertz CT molecular complexity index is 854. The van der Waals surface area contributed by atoms with Gasteiger partial charge in [-0.25, -0.2) is 4.99 Å². The van der Waals surface area contributed by atoms with E-state index in [2.05, 4.69) is 81.6 Å². The molecule has 1 heterocycles. The van der Waals surface area contributed by atoms with Crippen LogP contribution < -0.4 is 10.2 Å². The minimum atomic E-state index is -0.160. The molecule has 1 aliphatic heterocycles. The van der Waals surface area contributed by atoms with Gasteiger partial charge in [0.1, 0.15) is 11.4 Å². The SMILES string of the molecule is Cc1cccc(NC2=NC(=S)N(c3ccc(Br)cc3)C23CCCCC3)c1. The normalized spacial score (nSPS) is 18.9.